The lowest BCUT2D eigenvalue weighted by Crippen LogP contribution is -2.24. The monoisotopic (exact) mass is 233 g/mol. The fraction of sp³-hybridized carbons (Fsp3) is 0.500. The predicted octanol–water partition coefficient (Wildman–Crippen LogP) is 1.76. The second-order valence-electron chi connectivity index (χ2n) is 3.85. The fourth-order valence-corrected chi connectivity index (χ4v) is 2.05. The van der Waals surface area contributed by atoms with Gasteiger partial charge in [-0.25, -0.2) is 0 Å². The molecule has 0 bridgehead atoms. The lowest BCUT2D eigenvalue weighted by atomic mass is 9.89. The van der Waals surface area contributed by atoms with Gasteiger partial charge in [-0.05, 0) is 19.3 Å². The molecule has 0 spiro atoms. The highest BCUT2D eigenvalue weighted by atomic mass is 19.4. The van der Waals surface area contributed by atoms with Crippen molar-refractivity contribution in [3.05, 3.63) is 33.2 Å². The third-order valence-corrected chi connectivity index (χ3v) is 2.71. The van der Waals surface area contributed by atoms with Crippen molar-refractivity contribution in [2.45, 2.75) is 31.5 Å². The molecule has 0 radical (unpaired) electrons. The molecule has 1 aliphatic carbocycles. The summed E-state index contributed by atoms with van der Waals surface area (Å²) in [6.45, 7) is 0. The average Bonchev–Trinajstić information content (AvgIpc) is 2.15. The molecule has 1 atom stereocenters. The molecule has 2 N–H and O–H groups in total. The molecule has 6 heteroatoms. The Bertz CT molecular complexity index is 464. The SMILES string of the molecule is O=c1cc(C(F)(F)F)c2c([nH]1)CCCC2O. The van der Waals surface area contributed by atoms with Crippen LogP contribution in [0.3, 0.4) is 0 Å². The molecule has 0 saturated carbocycles. The van der Waals surface area contributed by atoms with Crippen molar-refractivity contribution in [3.63, 3.8) is 0 Å². The van der Waals surface area contributed by atoms with Crippen LogP contribution in [0.2, 0.25) is 0 Å². The van der Waals surface area contributed by atoms with Crippen LogP contribution >= 0.6 is 0 Å². The Balaban J connectivity index is 2.68. The van der Waals surface area contributed by atoms with Gasteiger partial charge >= 0.3 is 6.18 Å². The van der Waals surface area contributed by atoms with E-state index in [-0.39, 0.29) is 11.3 Å². The van der Waals surface area contributed by atoms with Gasteiger partial charge in [0, 0.05) is 17.3 Å². The zero-order valence-electron chi connectivity index (χ0n) is 8.27. The molecule has 1 aliphatic rings. The first-order chi connectivity index (χ1) is 7.39. The largest absolute Gasteiger partial charge is 0.417 e. The second kappa shape index (κ2) is 3.62. The van der Waals surface area contributed by atoms with Crippen molar-refractivity contribution in [3.8, 4) is 0 Å². The van der Waals surface area contributed by atoms with Gasteiger partial charge in [0.25, 0.3) is 0 Å². The smallest absolute Gasteiger partial charge is 0.388 e. The minimum atomic E-state index is -4.60. The van der Waals surface area contributed by atoms with Crippen LogP contribution in [-0.4, -0.2) is 10.1 Å². The van der Waals surface area contributed by atoms with Gasteiger partial charge in [-0.2, -0.15) is 13.2 Å². The van der Waals surface area contributed by atoms with Crippen LogP contribution in [0, 0.1) is 0 Å². The number of rotatable bonds is 0. The summed E-state index contributed by atoms with van der Waals surface area (Å²) in [5.74, 6) is 0. The summed E-state index contributed by atoms with van der Waals surface area (Å²) < 4.78 is 38.0. The number of H-pyrrole nitrogens is 1. The molecule has 0 aromatic carbocycles. The highest BCUT2D eigenvalue weighted by Crippen LogP contribution is 2.38. The summed E-state index contributed by atoms with van der Waals surface area (Å²) in [7, 11) is 0. The van der Waals surface area contributed by atoms with Crippen LogP contribution in [0.25, 0.3) is 0 Å². The van der Waals surface area contributed by atoms with Crippen molar-refractivity contribution < 1.29 is 18.3 Å². The Labute approximate surface area is 88.9 Å². The van der Waals surface area contributed by atoms with Gasteiger partial charge in [-0.1, -0.05) is 0 Å². The molecule has 0 saturated heterocycles. The van der Waals surface area contributed by atoms with Crippen LogP contribution in [0.15, 0.2) is 10.9 Å². The highest BCUT2D eigenvalue weighted by Gasteiger charge is 2.38. The molecular formula is C10H10F3NO2. The third kappa shape index (κ3) is 1.84. The number of hydrogen-bond donors (Lipinski definition) is 2. The van der Waals surface area contributed by atoms with Crippen molar-refractivity contribution in [2.24, 2.45) is 0 Å². The highest BCUT2D eigenvalue weighted by molar-refractivity contribution is 5.35. The number of nitrogens with one attached hydrogen (secondary N) is 1. The first kappa shape index (κ1) is 11.2. The van der Waals surface area contributed by atoms with Gasteiger partial charge in [-0.3, -0.25) is 4.79 Å². The van der Waals surface area contributed by atoms with E-state index in [0.717, 1.165) is 0 Å². The van der Waals surface area contributed by atoms with Gasteiger partial charge in [0.2, 0.25) is 5.56 Å². The van der Waals surface area contributed by atoms with E-state index in [2.05, 4.69) is 4.98 Å². The minimum absolute atomic E-state index is 0.168. The topological polar surface area (TPSA) is 53.1 Å². The molecule has 2 rings (SSSR count). The maximum Gasteiger partial charge on any atom is 0.417 e. The molecule has 16 heavy (non-hydrogen) atoms. The van der Waals surface area contributed by atoms with E-state index >= 15 is 0 Å². The van der Waals surface area contributed by atoms with Crippen LogP contribution in [0.5, 0.6) is 0 Å². The van der Waals surface area contributed by atoms with Crippen molar-refractivity contribution in [2.75, 3.05) is 0 Å². The molecule has 3 nitrogen and oxygen atoms in total. The molecule has 1 aromatic rings. The minimum Gasteiger partial charge on any atom is -0.388 e. The van der Waals surface area contributed by atoms with Crippen LogP contribution in [0.4, 0.5) is 13.2 Å². The summed E-state index contributed by atoms with van der Waals surface area (Å²) in [5.41, 5.74) is -1.75. The number of aromatic nitrogens is 1. The quantitative estimate of drug-likeness (QED) is 0.717. The second-order valence-corrected chi connectivity index (χ2v) is 3.85. The number of aromatic amines is 1. The Morgan fingerprint density at radius 1 is 1.44 bits per heavy atom. The number of halogens is 3. The van der Waals surface area contributed by atoms with Gasteiger partial charge in [0.1, 0.15) is 0 Å². The number of alkyl halides is 3. The third-order valence-electron chi connectivity index (χ3n) is 2.71. The Morgan fingerprint density at radius 3 is 2.75 bits per heavy atom. The summed E-state index contributed by atoms with van der Waals surface area (Å²) in [4.78, 5) is 13.4. The van der Waals surface area contributed by atoms with Crippen LogP contribution in [-0.2, 0) is 12.6 Å². The number of aliphatic hydroxyl groups excluding tert-OH is 1. The van der Waals surface area contributed by atoms with Crippen LogP contribution in [0.1, 0.15) is 35.8 Å². The molecule has 1 aromatic heterocycles. The van der Waals surface area contributed by atoms with E-state index in [9.17, 15) is 23.1 Å². The number of aliphatic hydroxyl groups is 1. The summed E-state index contributed by atoms with van der Waals surface area (Å²) >= 11 is 0. The predicted molar refractivity (Wildman–Crippen MR) is 50.0 cm³/mol. The number of aryl methyl sites for hydroxylation is 1. The Kier molecular flexibility index (Phi) is 2.53. The maximum absolute atomic E-state index is 12.7. The van der Waals surface area contributed by atoms with Gasteiger partial charge in [0.05, 0.1) is 11.7 Å². The average molecular weight is 233 g/mol. The standard InChI is InChI=1S/C10H10F3NO2/c11-10(12,13)5-4-8(16)14-6-2-1-3-7(15)9(5)6/h4,7,15H,1-3H2,(H,14,16). The van der Waals surface area contributed by atoms with Crippen molar-refractivity contribution in [1.29, 1.82) is 0 Å². The lowest BCUT2D eigenvalue weighted by Gasteiger charge is -2.24. The van der Waals surface area contributed by atoms with E-state index in [0.29, 0.717) is 25.3 Å². The maximum atomic E-state index is 12.7. The number of hydrogen-bond acceptors (Lipinski definition) is 2. The van der Waals surface area contributed by atoms with Crippen molar-refractivity contribution >= 4 is 0 Å². The number of fused-ring (bicyclic) bond motifs is 1. The summed E-state index contributed by atoms with van der Waals surface area (Å²) in [5, 5.41) is 9.57. The normalized spacial score (nSPS) is 20.6. The van der Waals surface area contributed by atoms with Gasteiger partial charge in [-0.15, -0.1) is 0 Å². The molecule has 0 fully saturated rings. The zero-order chi connectivity index (χ0) is 11.9. The lowest BCUT2D eigenvalue weighted by molar-refractivity contribution is -0.139. The van der Waals surface area contributed by atoms with E-state index in [1.165, 1.54) is 0 Å². The van der Waals surface area contributed by atoms with Gasteiger partial charge in [0.15, 0.2) is 0 Å². The summed E-state index contributed by atoms with van der Waals surface area (Å²) in [6.07, 6.45) is -4.51. The molecule has 0 amide bonds. The number of pyridine rings is 1. The van der Waals surface area contributed by atoms with Crippen LogP contribution < -0.4 is 5.56 Å². The first-order valence-corrected chi connectivity index (χ1v) is 4.91. The van der Waals surface area contributed by atoms with E-state index in [1.54, 1.807) is 0 Å². The molecule has 1 heterocycles. The van der Waals surface area contributed by atoms with Crippen molar-refractivity contribution in [1.82, 2.24) is 4.98 Å². The molecule has 88 valence electrons. The molecular weight excluding hydrogens is 223 g/mol. The summed E-state index contributed by atoms with van der Waals surface area (Å²) in [6, 6.07) is 0.507. The van der Waals surface area contributed by atoms with E-state index < -0.39 is 23.4 Å². The molecule has 1 unspecified atom stereocenters. The first-order valence-electron chi connectivity index (χ1n) is 4.91. The molecule has 0 aliphatic heterocycles. The Hall–Kier alpha value is -1.30. The fourth-order valence-electron chi connectivity index (χ4n) is 2.05. The van der Waals surface area contributed by atoms with Gasteiger partial charge < -0.3 is 10.1 Å². The van der Waals surface area contributed by atoms with E-state index in [4.69, 9.17) is 0 Å². The van der Waals surface area contributed by atoms with E-state index in [1.807, 2.05) is 0 Å². The zero-order valence-corrected chi connectivity index (χ0v) is 8.27. The Morgan fingerprint density at radius 2 is 2.12 bits per heavy atom.